The second-order valence-corrected chi connectivity index (χ2v) is 6.66. The first-order valence-electron chi connectivity index (χ1n) is 5.90. The van der Waals surface area contributed by atoms with Gasteiger partial charge in [0, 0.05) is 13.6 Å². The first kappa shape index (κ1) is 16.1. The zero-order valence-corrected chi connectivity index (χ0v) is 12.3. The Hall–Kier alpha value is -1.91. The number of benzene rings is 1. The lowest BCUT2D eigenvalue weighted by Crippen LogP contribution is -2.33. The fourth-order valence-electron chi connectivity index (χ4n) is 1.66. The molecule has 1 N–H and O–H groups in total. The molecule has 1 aromatic rings. The van der Waals surface area contributed by atoms with E-state index < -0.39 is 21.9 Å². The van der Waals surface area contributed by atoms with Gasteiger partial charge in [-0.3, -0.25) is 4.79 Å². The molecular weight excluding hydrogens is 280 g/mol. The van der Waals surface area contributed by atoms with Gasteiger partial charge in [-0.15, -0.1) is 0 Å². The Morgan fingerprint density at radius 1 is 1.50 bits per heavy atom. The van der Waals surface area contributed by atoms with E-state index in [1.165, 1.54) is 32.2 Å². The molecule has 7 heteroatoms. The smallest absolute Gasteiger partial charge is 0.307 e. The van der Waals surface area contributed by atoms with Crippen molar-refractivity contribution in [2.24, 2.45) is 5.92 Å². The van der Waals surface area contributed by atoms with Gasteiger partial charge in [0.25, 0.3) is 0 Å². The normalized spacial score (nSPS) is 12.9. The second kappa shape index (κ2) is 6.03. The summed E-state index contributed by atoms with van der Waals surface area (Å²) in [6.07, 6.45) is 0. The highest BCUT2D eigenvalue weighted by Crippen LogP contribution is 2.19. The Morgan fingerprint density at radius 3 is 2.55 bits per heavy atom. The van der Waals surface area contributed by atoms with Gasteiger partial charge in [0.1, 0.15) is 0 Å². The van der Waals surface area contributed by atoms with Crippen molar-refractivity contribution in [2.45, 2.75) is 18.7 Å². The molecule has 1 atom stereocenters. The molecule has 0 aliphatic rings. The molecule has 1 unspecified atom stereocenters. The van der Waals surface area contributed by atoms with E-state index in [1.54, 1.807) is 6.92 Å². The number of nitriles is 1. The lowest BCUT2D eigenvalue weighted by atomic mass is 10.1. The van der Waals surface area contributed by atoms with Gasteiger partial charge in [0.15, 0.2) is 0 Å². The highest BCUT2D eigenvalue weighted by atomic mass is 32.2. The van der Waals surface area contributed by atoms with Crippen molar-refractivity contribution in [3.05, 3.63) is 29.3 Å². The maximum absolute atomic E-state index is 12.3. The molecule has 1 rings (SSSR count). The largest absolute Gasteiger partial charge is 0.481 e. The van der Waals surface area contributed by atoms with Crippen molar-refractivity contribution < 1.29 is 18.3 Å². The Kier molecular flexibility index (Phi) is 4.87. The number of aliphatic carboxylic acids is 1. The van der Waals surface area contributed by atoms with E-state index >= 15 is 0 Å². The Bertz CT molecular complexity index is 661. The molecule has 0 bridgehead atoms. The number of carboxylic acids is 1. The Balaban J connectivity index is 3.08. The highest BCUT2D eigenvalue weighted by Gasteiger charge is 2.25. The number of aryl methyl sites for hydroxylation is 1. The minimum Gasteiger partial charge on any atom is -0.481 e. The number of rotatable bonds is 5. The van der Waals surface area contributed by atoms with E-state index in [0.29, 0.717) is 11.1 Å². The number of nitrogens with zero attached hydrogens (tertiary/aromatic N) is 2. The average Bonchev–Trinajstić information content (AvgIpc) is 2.38. The molecule has 0 aliphatic carbocycles. The van der Waals surface area contributed by atoms with Crippen LogP contribution in [0.2, 0.25) is 0 Å². The molecule has 6 nitrogen and oxygen atoms in total. The van der Waals surface area contributed by atoms with E-state index in [1.807, 2.05) is 6.07 Å². The fourth-order valence-corrected chi connectivity index (χ4v) is 3.01. The lowest BCUT2D eigenvalue weighted by Gasteiger charge is -2.19. The molecule has 0 spiro atoms. The Labute approximate surface area is 118 Å². The monoisotopic (exact) mass is 296 g/mol. The van der Waals surface area contributed by atoms with Crippen LogP contribution in [0.3, 0.4) is 0 Å². The summed E-state index contributed by atoms with van der Waals surface area (Å²) >= 11 is 0. The van der Waals surface area contributed by atoms with Crippen molar-refractivity contribution in [2.75, 3.05) is 13.6 Å². The molecule has 0 aliphatic heterocycles. The molecule has 1 aromatic carbocycles. The van der Waals surface area contributed by atoms with Crippen LogP contribution < -0.4 is 0 Å². The van der Waals surface area contributed by atoms with Crippen molar-refractivity contribution in [1.29, 1.82) is 5.26 Å². The third kappa shape index (κ3) is 3.35. The number of carboxylic acid groups (broad SMARTS) is 1. The highest BCUT2D eigenvalue weighted by molar-refractivity contribution is 7.89. The van der Waals surface area contributed by atoms with E-state index in [0.717, 1.165) is 4.31 Å². The first-order valence-corrected chi connectivity index (χ1v) is 7.34. The zero-order valence-electron chi connectivity index (χ0n) is 11.5. The van der Waals surface area contributed by atoms with Crippen molar-refractivity contribution in [3.8, 4) is 6.07 Å². The molecule has 20 heavy (non-hydrogen) atoms. The molecule has 0 saturated carbocycles. The summed E-state index contributed by atoms with van der Waals surface area (Å²) in [5, 5.41) is 17.6. The van der Waals surface area contributed by atoms with Gasteiger partial charge in [0.2, 0.25) is 10.0 Å². The molecule has 0 radical (unpaired) electrons. The van der Waals surface area contributed by atoms with Gasteiger partial charge < -0.3 is 5.11 Å². The molecule has 0 aromatic heterocycles. The minimum atomic E-state index is -3.75. The summed E-state index contributed by atoms with van der Waals surface area (Å²) in [7, 11) is -2.42. The van der Waals surface area contributed by atoms with Gasteiger partial charge in [-0.05, 0) is 30.7 Å². The van der Waals surface area contributed by atoms with Crippen LogP contribution in [-0.2, 0) is 14.8 Å². The summed E-state index contributed by atoms with van der Waals surface area (Å²) in [5.41, 5.74) is 0.971. The molecule has 108 valence electrons. The fraction of sp³-hybridized carbons (Fsp3) is 0.385. The third-order valence-electron chi connectivity index (χ3n) is 2.98. The second-order valence-electron chi connectivity index (χ2n) is 4.61. The van der Waals surface area contributed by atoms with Gasteiger partial charge in [-0.25, -0.2) is 12.7 Å². The van der Waals surface area contributed by atoms with Crippen LogP contribution in [0.4, 0.5) is 0 Å². The van der Waals surface area contributed by atoms with Gasteiger partial charge in [0.05, 0.1) is 22.4 Å². The third-order valence-corrected chi connectivity index (χ3v) is 4.80. The topological polar surface area (TPSA) is 98.5 Å². The van der Waals surface area contributed by atoms with Gasteiger partial charge >= 0.3 is 5.97 Å². The van der Waals surface area contributed by atoms with Crippen LogP contribution in [-0.4, -0.2) is 37.4 Å². The van der Waals surface area contributed by atoms with Crippen molar-refractivity contribution >= 4 is 16.0 Å². The SMILES string of the molecule is Cc1cc(S(=O)(=O)N(C)CC(C)C(=O)O)ccc1C#N. The predicted octanol–water partition coefficient (Wildman–Crippen LogP) is 1.21. The summed E-state index contributed by atoms with van der Waals surface area (Å²) in [4.78, 5) is 10.8. The minimum absolute atomic E-state index is 0.0501. The molecular formula is C13H16N2O4S. The predicted molar refractivity (Wildman–Crippen MR) is 72.5 cm³/mol. The van der Waals surface area contributed by atoms with E-state index in [9.17, 15) is 13.2 Å². The maximum Gasteiger partial charge on any atom is 0.307 e. The van der Waals surface area contributed by atoms with Crippen LogP contribution in [0.25, 0.3) is 0 Å². The summed E-state index contributed by atoms with van der Waals surface area (Å²) < 4.78 is 25.6. The average molecular weight is 296 g/mol. The van der Waals surface area contributed by atoms with Crippen LogP contribution in [0, 0.1) is 24.2 Å². The van der Waals surface area contributed by atoms with Gasteiger partial charge in [-0.1, -0.05) is 6.92 Å². The van der Waals surface area contributed by atoms with Crippen molar-refractivity contribution in [1.82, 2.24) is 4.31 Å². The number of sulfonamides is 1. The van der Waals surface area contributed by atoms with E-state index in [2.05, 4.69) is 0 Å². The molecule has 0 amide bonds. The van der Waals surface area contributed by atoms with E-state index in [-0.39, 0.29) is 11.4 Å². The van der Waals surface area contributed by atoms with E-state index in [4.69, 9.17) is 10.4 Å². The first-order chi connectivity index (χ1) is 9.20. The lowest BCUT2D eigenvalue weighted by molar-refractivity contribution is -0.141. The standard InChI is InChI=1S/C13H16N2O4S/c1-9-6-12(5-4-11(9)7-14)20(18,19)15(3)8-10(2)13(16)17/h4-6,10H,8H2,1-3H3,(H,16,17). The molecule has 0 saturated heterocycles. The van der Waals surface area contributed by atoms with Crippen LogP contribution in [0.5, 0.6) is 0 Å². The maximum atomic E-state index is 12.3. The molecule has 0 fully saturated rings. The Morgan fingerprint density at radius 2 is 2.10 bits per heavy atom. The van der Waals surface area contributed by atoms with Crippen LogP contribution in [0.15, 0.2) is 23.1 Å². The van der Waals surface area contributed by atoms with Crippen LogP contribution >= 0.6 is 0 Å². The summed E-state index contributed by atoms with van der Waals surface area (Å²) in [6, 6.07) is 6.17. The zero-order chi connectivity index (χ0) is 15.5. The molecule has 0 heterocycles. The quantitative estimate of drug-likeness (QED) is 0.880. The summed E-state index contributed by atoms with van der Waals surface area (Å²) in [5.74, 6) is -1.85. The number of carbonyl (C=O) groups is 1. The summed E-state index contributed by atoms with van der Waals surface area (Å²) in [6.45, 7) is 2.98. The number of hydrogen-bond acceptors (Lipinski definition) is 4. The van der Waals surface area contributed by atoms with Crippen molar-refractivity contribution in [3.63, 3.8) is 0 Å². The number of hydrogen-bond donors (Lipinski definition) is 1. The van der Waals surface area contributed by atoms with Crippen LogP contribution in [0.1, 0.15) is 18.1 Å². The van der Waals surface area contributed by atoms with Gasteiger partial charge in [-0.2, -0.15) is 5.26 Å².